The molecule has 0 radical (unpaired) electrons. The highest BCUT2D eigenvalue weighted by Crippen LogP contribution is 2.17. The van der Waals surface area contributed by atoms with Crippen LogP contribution in [-0.4, -0.2) is 28.6 Å². The number of nitro benzene ring substituents is 1. The van der Waals surface area contributed by atoms with Crippen LogP contribution >= 0.6 is 0 Å². The summed E-state index contributed by atoms with van der Waals surface area (Å²) in [5, 5.41) is 10.6. The summed E-state index contributed by atoms with van der Waals surface area (Å²) in [6.07, 6.45) is -0.330. The van der Waals surface area contributed by atoms with E-state index in [9.17, 15) is 19.7 Å². The average molecular weight is 323 g/mol. The Morgan fingerprint density at radius 3 is 2.22 bits per heavy atom. The lowest BCUT2D eigenvalue weighted by atomic mass is 10.1. The third kappa shape index (κ3) is 6.90. The van der Waals surface area contributed by atoms with Gasteiger partial charge in [0.05, 0.1) is 4.92 Å². The van der Waals surface area contributed by atoms with Gasteiger partial charge in [-0.25, -0.2) is 4.79 Å². The van der Waals surface area contributed by atoms with E-state index in [4.69, 9.17) is 9.47 Å². The van der Waals surface area contributed by atoms with Gasteiger partial charge in [0.25, 0.3) is 5.69 Å². The number of nitrogens with zero attached hydrogens (tertiary/aromatic N) is 1. The number of hydrogen-bond donors (Lipinski definition) is 0. The van der Waals surface area contributed by atoms with Crippen molar-refractivity contribution in [2.75, 3.05) is 0 Å². The van der Waals surface area contributed by atoms with Gasteiger partial charge in [-0.3, -0.25) is 14.9 Å². The number of aryl methyl sites for hydroxylation is 1. The molecule has 0 aromatic heterocycles. The van der Waals surface area contributed by atoms with Crippen molar-refractivity contribution >= 4 is 17.6 Å². The first kappa shape index (κ1) is 18.6. The molecule has 7 nitrogen and oxygen atoms in total. The fraction of sp³-hybridized carbons (Fsp3) is 0.500. The molecule has 0 heterocycles. The summed E-state index contributed by atoms with van der Waals surface area (Å²) in [7, 11) is 0. The smallest absolute Gasteiger partial charge is 0.347 e. The highest BCUT2D eigenvalue weighted by molar-refractivity contribution is 5.78. The number of non-ortho nitro benzene ring substituents is 1. The maximum absolute atomic E-state index is 12.1. The van der Waals surface area contributed by atoms with Gasteiger partial charge in [-0.15, -0.1) is 0 Å². The van der Waals surface area contributed by atoms with Crippen molar-refractivity contribution < 1.29 is 24.0 Å². The average Bonchev–Trinajstić information content (AvgIpc) is 2.41. The zero-order valence-electron chi connectivity index (χ0n) is 13.7. The van der Waals surface area contributed by atoms with Crippen molar-refractivity contribution in [2.24, 2.45) is 0 Å². The fourth-order valence-electron chi connectivity index (χ4n) is 1.87. The molecule has 1 aromatic rings. The molecule has 0 aliphatic heterocycles. The Labute approximate surface area is 134 Å². The standard InChI is InChI=1S/C16H21NO6/c1-11(18)22-14(15(19)23-16(2,3)4)10-7-12-5-8-13(9-6-12)17(20)21/h5-6,8-9,14H,7,10H2,1-4H3/t14-/m1/s1. The van der Waals surface area contributed by atoms with E-state index in [2.05, 4.69) is 0 Å². The predicted octanol–water partition coefficient (Wildman–Crippen LogP) is 2.80. The van der Waals surface area contributed by atoms with Crippen LogP contribution in [0.15, 0.2) is 24.3 Å². The van der Waals surface area contributed by atoms with E-state index in [0.717, 1.165) is 5.56 Å². The third-order valence-corrected chi connectivity index (χ3v) is 2.82. The van der Waals surface area contributed by atoms with Crippen LogP contribution in [0.1, 0.15) is 39.7 Å². The molecule has 0 N–H and O–H groups in total. The lowest BCUT2D eigenvalue weighted by Gasteiger charge is -2.23. The van der Waals surface area contributed by atoms with Crippen LogP contribution in [0.3, 0.4) is 0 Å². The van der Waals surface area contributed by atoms with Gasteiger partial charge in [-0.1, -0.05) is 12.1 Å². The molecule has 126 valence electrons. The molecule has 0 amide bonds. The van der Waals surface area contributed by atoms with Gasteiger partial charge in [-0.2, -0.15) is 0 Å². The van der Waals surface area contributed by atoms with E-state index in [1.54, 1.807) is 32.9 Å². The highest BCUT2D eigenvalue weighted by Gasteiger charge is 2.27. The minimum Gasteiger partial charge on any atom is -0.457 e. The highest BCUT2D eigenvalue weighted by atomic mass is 16.6. The van der Waals surface area contributed by atoms with Crippen LogP contribution in [0.25, 0.3) is 0 Å². The Hall–Kier alpha value is -2.44. The second-order valence-electron chi connectivity index (χ2n) is 6.09. The lowest BCUT2D eigenvalue weighted by molar-refractivity contribution is -0.384. The number of rotatable bonds is 6. The summed E-state index contributed by atoms with van der Waals surface area (Å²) >= 11 is 0. The summed E-state index contributed by atoms with van der Waals surface area (Å²) in [6.45, 7) is 6.41. The zero-order chi connectivity index (χ0) is 17.6. The first-order valence-electron chi connectivity index (χ1n) is 7.22. The number of benzene rings is 1. The minimum absolute atomic E-state index is 0.00238. The number of ether oxygens (including phenoxy) is 2. The Balaban J connectivity index is 2.72. The molecular weight excluding hydrogens is 302 g/mol. The number of nitro groups is 1. The SMILES string of the molecule is CC(=O)O[C@H](CCc1ccc([N+](=O)[O-])cc1)C(=O)OC(C)(C)C. The van der Waals surface area contributed by atoms with E-state index in [1.807, 2.05) is 0 Å². The molecule has 7 heteroatoms. The molecule has 0 spiro atoms. The van der Waals surface area contributed by atoms with E-state index in [0.29, 0.717) is 6.42 Å². The Bertz CT molecular complexity index is 573. The topological polar surface area (TPSA) is 95.7 Å². The molecule has 0 fully saturated rings. The minimum atomic E-state index is -0.998. The summed E-state index contributed by atoms with van der Waals surface area (Å²) in [6, 6.07) is 6.00. The van der Waals surface area contributed by atoms with Crippen LogP contribution in [0.2, 0.25) is 0 Å². The monoisotopic (exact) mass is 323 g/mol. The van der Waals surface area contributed by atoms with Crippen LogP contribution < -0.4 is 0 Å². The van der Waals surface area contributed by atoms with Crippen molar-refractivity contribution in [2.45, 2.75) is 52.2 Å². The van der Waals surface area contributed by atoms with Crippen molar-refractivity contribution in [3.05, 3.63) is 39.9 Å². The first-order valence-corrected chi connectivity index (χ1v) is 7.22. The number of carbonyl (C=O) groups is 2. The predicted molar refractivity (Wildman–Crippen MR) is 82.8 cm³/mol. The lowest BCUT2D eigenvalue weighted by Crippen LogP contribution is -2.34. The number of carbonyl (C=O) groups excluding carboxylic acids is 2. The summed E-state index contributed by atoms with van der Waals surface area (Å²) < 4.78 is 10.3. The maximum atomic E-state index is 12.1. The van der Waals surface area contributed by atoms with Crippen LogP contribution in [0.4, 0.5) is 5.69 Å². The normalized spacial score (nSPS) is 12.3. The van der Waals surface area contributed by atoms with Crippen molar-refractivity contribution in [3.8, 4) is 0 Å². The van der Waals surface area contributed by atoms with Gasteiger partial charge < -0.3 is 9.47 Å². The quantitative estimate of drug-likeness (QED) is 0.454. The van der Waals surface area contributed by atoms with Gasteiger partial charge in [0, 0.05) is 19.1 Å². The Kier molecular flexibility index (Phi) is 6.24. The second-order valence-corrected chi connectivity index (χ2v) is 6.09. The number of esters is 2. The molecule has 0 aliphatic rings. The Morgan fingerprint density at radius 2 is 1.78 bits per heavy atom. The zero-order valence-corrected chi connectivity index (χ0v) is 13.7. The summed E-state index contributed by atoms with van der Waals surface area (Å²) in [5.74, 6) is -1.17. The Morgan fingerprint density at radius 1 is 1.22 bits per heavy atom. The second kappa shape index (κ2) is 7.71. The van der Waals surface area contributed by atoms with Gasteiger partial charge in [-0.05, 0) is 39.2 Å². The molecule has 0 unspecified atom stereocenters. The van der Waals surface area contributed by atoms with Crippen molar-refractivity contribution in [1.29, 1.82) is 0 Å². The molecule has 1 rings (SSSR count). The van der Waals surface area contributed by atoms with Gasteiger partial charge in [0.15, 0.2) is 6.10 Å². The van der Waals surface area contributed by atoms with E-state index < -0.39 is 28.6 Å². The number of hydrogen-bond acceptors (Lipinski definition) is 6. The van der Waals surface area contributed by atoms with E-state index in [-0.39, 0.29) is 12.1 Å². The van der Waals surface area contributed by atoms with Gasteiger partial charge in [0.2, 0.25) is 0 Å². The van der Waals surface area contributed by atoms with Crippen LogP contribution in [-0.2, 0) is 25.5 Å². The maximum Gasteiger partial charge on any atom is 0.347 e. The first-order chi connectivity index (χ1) is 10.6. The molecule has 0 bridgehead atoms. The molecular formula is C16H21NO6. The van der Waals surface area contributed by atoms with Crippen molar-refractivity contribution in [3.63, 3.8) is 0 Å². The van der Waals surface area contributed by atoms with Crippen LogP contribution in [0, 0.1) is 10.1 Å². The summed E-state index contributed by atoms with van der Waals surface area (Å²) in [4.78, 5) is 33.3. The molecule has 1 atom stereocenters. The van der Waals surface area contributed by atoms with Gasteiger partial charge >= 0.3 is 11.9 Å². The molecule has 1 aromatic carbocycles. The van der Waals surface area contributed by atoms with Crippen LogP contribution in [0.5, 0.6) is 0 Å². The van der Waals surface area contributed by atoms with Crippen molar-refractivity contribution in [1.82, 2.24) is 0 Å². The molecule has 0 saturated heterocycles. The van der Waals surface area contributed by atoms with Gasteiger partial charge in [0.1, 0.15) is 5.60 Å². The largest absolute Gasteiger partial charge is 0.457 e. The molecule has 0 saturated carbocycles. The molecule has 23 heavy (non-hydrogen) atoms. The van der Waals surface area contributed by atoms with E-state index in [1.165, 1.54) is 19.1 Å². The molecule has 0 aliphatic carbocycles. The van der Waals surface area contributed by atoms with E-state index >= 15 is 0 Å². The fourth-order valence-corrected chi connectivity index (χ4v) is 1.87. The summed E-state index contributed by atoms with van der Waals surface area (Å²) in [5.41, 5.74) is 0.122. The third-order valence-electron chi connectivity index (χ3n) is 2.82.